The van der Waals surface area contributed by atoms with E-state index in [1.807, 2.05) is 24.3 Å². The molecule has 0 aromatic heterocycles. The Hall–Kier alpha value is -1.02. The minimum absolute atomic E-state index is 0.128. The van der Waals surface area contributed by atoms with Gasteiger partial charge in [0, 0.05) is 12.2 Å². The molecule has 2 nitrogen and oxygen atoms in total. The van der Waals surface area contributed by atoms with Gasteiger partial charge in [-0.05, 0) is 36.5 Å². The molecule has 0 atom stereocenters. The van der Waals surface area contributed by atoms with Crippen LogP contribution in [0.15, 0.2) is 24.3 Å². The summed E-state index contributed by atoms with van der Waals surface area (Å²) in [4.78, 5) is 0. The molecule has 1 aromatic carbocycles. The fourth-order valence-electron chi connectivity index (χ4n) is 1.31. The standard InChI is InChI=1S/C11H15NO/c13-8-10-3-5-11(6-4-10)12-7-9-1-2-9/h3-6,9,12-13H,1-2,7-8H2. The summed E-state index contributed by atoms with van der Waals surface area (Å²) in [6.45, 7) is 1.22. The lowest BCUT2D eigenvalue weighted by molar-refractivity contribution is 0.282. The molecule has 2 N–H and O–H groups in total. The van der Waals surface area contributed by atoms with Crippen molar-refractivity contribution in [2.24, 2.45) is 5.92 Å². The van der Waals surface area contributed by atoms with Gasteiger partial charge in [-0.1, -0.05) is 12.1 Å². The third-order valence-corrected chi connectivity index (χ3v) is 2.43. The summed E-state index contributed by atoms with van der Waals surface area (Å²) in [6, 6.07) is 7.95. The van der Waals surface area contributed by atoms with Crippen LogP contribution in [0.4, 0.5) is 5.69 Å². The predicted octanol–water partition coefficient (Wildman–Crippen LogP) is 2.00. The average molecular weight is 177 g/mol. The van der Waals surface area contributed by atoms with Crippen molar-refractivity contribution in [2.45, 2.75) is 19.4 Å². The Kier molecular flexibility index (Phi) is 2.50. The third kappa shape index (κ3) is 2.46. The smallest absolute Gasteiger partial charge is 0.0681 e. The van der Waals surface area contributed by atoms with Gasteiger partial charge in [-0.25, -0.2) is 0 Å². The molecule has 1 aliphatic rings. The first-order valence-electron chi connectivity index (χ1n) is 4.82. The van der Waals surface area contributed by atoms with E-state index in [9.17, 15) is 0 Å². The number of aliphatic hydroxyl groups is 1. The summed E-state index contributed by atoms with van der Waals surface area (Å²) in [5.41, 5.74) is 2.13. The van der Waals surface area contributed by atoms with Crippen LogP contribution in [-0.4, -0.2) is 11.7 Å². The molecule has 0 unspecified atom stereocenters. The molecular weight excluding hydrogens is 162 g/mol. The van der Waals surface area contributed by atoms with E-state index in [2.05, 4.69) is 5.32 Å². The van der Waals surface area contributed by atoms with E-state index in [0.29, 0.717) is 0 Å². The van der Waals surface area contributed by atoms with Crippen molar-refractivity contribution in [1.82, 2.24) is 0 Å². The molecule has 0 aliphatic heterocycles. The number of nitrogens with one attached hydrogen (secondary N) is 1. The van der Waals surface area contributed by atoms with Gasteiger partial charge in [0.2, 0.25) is 0 Å². The van der Waals surface area contributed by atoms with Crippen molar-refractivity contribution in [3.63, 3.8) is 0 Å². The van der Waals surface area contributed by atoms with Crippen molar-refractivity contribution in [3.8, 4) is 0 Å². The van der Waals surface area contributed by atoms with Gasteiger partial charge in [0.15, 0.2) is 0 Å². The monoisotopic (exact) mass is 177 g/mol. The second kappa shape index (κ2) is 3.79. The van der Waals surface area contributed by atoms with Crippen LogP contribution in [-0.2, 0) is 6.61 Å². The highest BCUT2D eigenvalue weighted by atomic mass is 16.3. The molecule has 0 bridgehead atoms. The Morgan fingerprint density at radius 3 is 2.46 bits per heavy atom. The van der Waals surface area contributed by atoms with Gasteiger partial charge < -0.3 is 10.4 Å². The maximum atomic E-state index is 8.84. The van der Waals surface area contributed by atoms with Crippen molar-refractivity contribution in [2.75, 3.05) is 11.9 Å². The summed E-state index contributed by atoms with van der Waals surface area (Å²) in [5.74, 6) is 0.900. The molecule has 1 aliphatic carbocycles. The van der Waals surface area contributed by atoms with Crippen LogP contribution in [0.5, 0.6) is 0 Å². The summed E-state index contributed by atoms with van der Waals surface area (Å²) >= 11 is 0. The summed E-state index contributed by atoms with van der Waals surface area (Å²) in [6.07, 6.45) is 2.75. The average Bonchev–Trinajstić information content (AvgIpc) is 2.99. The van der Waals surface area contributed by atoms with E-state index in [4.69, 9.17) is 5.11 Å². The molecule has 1 fully saturated rings. The van der Waals surface area contributed by atoms with E-state index in [1.54, 1.807) is 0 Å². The second-order valence-electron chi connectivity index (χ2n) is 3.68. The maximum Gasteiger partial charge on any atom is 0.0681 e. The summed E-state index contributed by atoms with van der Waals surface area (Å²) in [5, 5.41) is 12.2. The van der Waals surface area contributed by atoms with E-state index < -0.39 is 0 Å². The van der Waals surface area contributed by atoms with Crippen molar-refractivity contribution < 1.29 is 5.11 Å². The molecule has 0 heterocycles. The van der Waals surface area contributed by atoms with Crippen molar-refractivity contribution >= 4 is 5.69 Å². The zero-order valence-corrected chi connectivity index (χ0v) is 7.66. The summed E-state index contributed by atoms with van der Waals surface area (Å²) in [7, 11) is 0. The third-order valence-electron chi connectivity index (χ3n) is 2.43. The Morgan fingerprint density at radius 1 is 1.23 bits per heavy atom. The fourth-order valence-corrected chi connectivity index (χ4v) is 1.31. The largest absolute Gasteiger partial charge is 0.392 e. The minimum Gasteiger partial charge on any atom is -0.392 e. The van der Waals surface area contributed by atoms with Gasteiger partial charge in [0.25, 0.3) is 0 Å². The minimum atomic E-state index is 0.128. The topological polar surface area (TPSA) is 32.3 Å². The van der Waals surface area contributed by atoms with E-state index in [-0.39, 0.29) is 6.61 Å². The molecule has 2 heteroatoms. The van der Waals surface area contributed by atoms with Crippen LogP contribution in [0, 0.1) is 5.92 Å². The highest BCUT2D eigenvalue weighted by Crippen LogP contribution is 2.28. The van der Waals surface area contributed by atoms with Crippen LogP contribution >= 0.6 is 0 Å². The van der Waals surface area contributed by atoms with Gasteiger partial charge in [-0.2, -0.15) is 0 Å². The first-order valence-corrected chi connectivity index (χ1v) is 4.82. The number of benzene rings is 1. The lowest BCUT2D eigenvalue weighted by Crippen LogP contribution is -2.02. The predicted molar refractivity (Wildman–Crippen MR) is 53.6 cm³/mol. The number of rotatable bonds is 4. The SMILES string of the molecule is OCc1ccc(NCC2CC2)cc1. The number of hydrogen-bond donors (Lipinski definition) is 2. The molecule has 0 saturated heterocycles. The quantitative estimate of drug-likeness (QED) is 0.737. The molecule has 0 spiro atoms. The van der Waals surface area contributed by atoms with Gasteiger partial charge in [-0.15, -0.1) is 0 Å². The molecular formula is C11H15NO. The number of anilines is 1. The van der Waals surface area contributed by atoms with Crippen LogP contribution in [0.2, 0.25) is 0 Å². The molecule has 13 heavy (non-hydrogen) atoms. The van der Waals surface area contributed by atoms with E-state index >= 15 is 0 Å². The first-order chi connectivity index (χ1) is 6.38. The summed E-state index contributed by atoms with van der Waals surface area (Å²) < 4.78 is 0. The molecule has 70 valence electrons. The second-order valence-corrected chi connectivity index (χ2v) is 3.68. The van der Waals surface area contributed by atoms with Crippen LogP contribution < -0.4 is 5.32 Å². The Morgan fingerprint density at radius 2 is 1.92 bits per heavy atom. The van der Waals surface area contributed by atoms with Gasteiger partial charge in [0.1, 0.15) is 0 Å². The zero-order chi connectivity index (χ0) is 9.10. The zero-order valence-electron chi connectivity index (χ0n) is 7.66. The fraction of sp³-hybridized carbons (Fsp3) is 0.455. The Labute approximate surface area is 78.6 Å². The number of hydrogen-bond acceptors (Lipinski definition) is 2. The van der Waals surface area contributed by atoms with Crippen molar-refractivity contribution in [1.29, 1.82) is 0 Å². The normalized spacial score (nSPS) is 15.8. The number of aliphatic hydroxyl groups excluding tert-OH is 1. The lowest BCUT2D eigenvalue weighted by atomic mass is 10.2. The maximum absolute atomic E-state index is 8.84. The van der Waals surface area contributed by atoms with Gasteiger partial charge >= 0.3 is 0 Å². The van der Waals surface area contributed by atoms with E-state index in [0.717, 1.165) is 23.7 Å². The molecule has 1 saturated carbocycles. The highest BCUT2D eigenvalue weighted by molar-refractivity contribution is 5.44. The van der Waals surface area contributed by atoms with Gasteiger partial charge in [0.05, 0.1) is 6.61 Å². The molecule has 2 rings (SSSR count). The van der Waals surface area contributed by atoms with Crippen molar-refractivity contribution in [3.05, 3.63) is 29.8 Å². The Bertz CT molecular complexity index is 264. The first kappa shape index (κ1) is 8.57. The van der Waals surface area contributed by atoms with Gasteiger partial charge in [-0.3, -0.25) is 0 Å². The van der Waals surface area contributed by atoms with E-state index in [1.165, 1.54) is 12.8 Å². The molecule has 0 amide bonds. The van der Waals surface area contributed by atoms with Crippen LogP contribution in [0.1, 0.15) is 18.4 Å². The Balaban J connectivity index is 1.88. The van der Waals surface area contributed by atoms with Crippen LogP contribution in [0.25, 0.3) is 0 Å². The molecule has 0 radical (unpaired) electrons. The molecule has 1 aromatic rings. The lowest BCUT2D eigenvalue weighted by Gasteiger charge is -2.05. The highest BCUT2D eigenvalue weighted by Gasteiger charge is 2.20. The van der Waals surface area contributed by atoms with Crippen LogP contribution in [0.3, 0.4) is 0 Å².